The van der Waals surface area contributed by atoms with Crippen LogP contribution in [0.3, 0.4) is 0 Å². The Bertz CT molecular complexity index is 1150. The molecule has 1 aliphatic rings. The van der Waals surface area contributed by atoms with E-state index in [0.29, 0.717) is 5.82 Å². The van der Waals surface area contributed by atoms with E-state index < -0.39 is 11.5 Å². The maximum atomic E-state index is 12.6. The van der Waals surface area contributed by atoms with Gasteiger partial charge in [0.15, 0.2) is 0 Å². The summed E-state index contributed by atoms with van der Waals surface area (Å²) in [5.41, 5.74) is 2.90. The second-order valence-corrected chi connectivity index (χ2v) is 6.17. The van der Waals surface area contributed by atoms with Gasteiger partial charge in [-0.25, -0.2) is 4.79 Å². The van der Waals surface area contributed by atoms with Gasteiger partial charge >= 0.3 is 5.97 Å². The minimum atomic E-state index is -0.612. The second kappa shape index (κ2) is 7.44. The fraction of sp³-hybridized carbons (Fsp3) is 0.0909. The largest absolute Gasteiger partial charge is 0.457 e. The Morgan fingerprint density at radius 2 is 1.89 bits per heavy atom. The number of hydrogen-bond donors (Lipinski definition) is 0. The molecule has 0 saturated carbocycles. The number of esters is 1. The zero-order valence-corrected chi connectivity index (χ0v) is 15.0. The van der Waals surface area contributed by atoms with Gasteiger partial charge in [0.25, 0.3) is 5.56 Å². The minimum Gasteiger partial charge on any atom is -0.457 e. The van der Waals surface area contributed by atoms with Crippen molar-refractivity contribution in [2.24, 2.45) is 4.99 Å². The van der Waals surface area contributed by atoms with Gasteiger partial charge in [-0.15, -0.1) is 0 Å². The minimum absolute atomic E-state index is 0.0537. The Labute approximate surface area is 161 Å². The summed E-state index contributed by atoms with van der Waals surface area (Å²) in [6.07, 6.45) is 1.48. The summed E-state index contributed by atoms with van der Waals surface area (Å²) in [4.78, 5) is 33.5. The maximum Gasteiger partial charge on any atom is 0.355 e. The molecule has 0 fully saturated rings. The number of carbonyl (C=O) groups excluding carboxylic acids is 1. The number of benzene rings is 2. The zero-order chi connectivity index (χ0) is 19.5. The Balaban J connectivity index is 1.96. The molecule has 2 heterocycles. The zero-order valence-electron chi connectivity index (χ0n) is 15.0. The van der Waals surface area contributed by atoms with E-state index >= 15 is 0 Å². The molecule has 4 rings (SSSR count). The highest BCUT2D eigenvalue weighted by atomic mass is 16.5. The lowest BCUT2D eigenvalue weighted by atomic mass is 10.0. The van der Waals surface area contributed by atoms with Crippen molar-refractivity contribution in [1.29, 1.82) is 0 Å². The lowest BCUT2D eigenvalue weighted by Crippen LogP contribution is -2.24. The van der Waals surface area contributed by atoms with Gasteiger partial charge in [-0.2, -0.15) is 4.98 Å². The van der Waals surface area contributed by atoms with Crippen LogP contribution in [0.15, 0.2) is 83.1 Å². The van der Waals surface area contributed by atoms with E-state index in [2.05, 4.69) is 11.6 Å². The van der Waals surface area contributed by atoms with Gasteiger partial charge in [-0.3, -0.25) is 14.4 Å². The molecule has 0 N–H and O–H groups in total. The fourth-order valence-corrected chi connectivity index (χ4v) is 3.21. The van der Waals surface area contributed by atoms with Crippen LogP contribution >= 0.6 is 0 Å². The smallest absolute Gasteiger partial charge is 0.355 e. The van der Waals surface area contributed by atoms with Crippen molar-refractivity contribution in [2.75, 3.05) is 6.61 Å². The van der Waals surface area contributed by atoms with Crippen LogP contribution in [0.4, 0.5) is 0 Å². The third-order valence-electron chi connectivity index (χ3n) is 4.37. The molecular formula is C22H17N3O3. The molecular weight excluding hydrogens is 354 g/mol. The third-order valence-corrected chi connectivity index (χ3v) is 4.37. The van der Waals surface area contributed by atoms with Crippen molar-refractivity contribution in [3.8, 4) is 5.69 Å². The topological polar surface area (TPSA) is 73.6 Å². The van der Waals surface area contributed by atoms with Crippen LogP contribution in [0, 0.1) is 0 Å². The highest BCUT2D eigenvalue weighted by Gasteiger charge is 2.24. The Morgan fingerprint density at radius 3 is 2.68 bits per heavy atom. The molecule has 0 atom stereocenters. The highest BCUT2D eigenvalue weighted by Crippen LogP contribution is 2.25. The van der Waals surface area contributed by atoms with Gasteiger partial charge in [0.1, 0.15) is 18.1 Å². The lowest BCUT2D eigenvalue weighted by molar-refractivity contribution is 0.0538. The monoisotopic (exact) mass is 371 g/mol. The molecule has 28 heavy (non-hydrogen) atoms. The van der Waals surface area contributed by atoms with Crippen molar-refractivity contribution >= 4 is 11.7 Å². The molecule has 0 saturated heterocycles. The fourth-order valence-electron chi connectivity index (χ4n) is 3.21. The summed E-state index contributed by atoms with van der Waals surface area (Å²) in [5, 5.41) is 0. The summed E-state index contributed by atoms with van der Waals surface area (Å²) in [6.45, 7) is 3.77. The van der Waals surface area contributed by atoms with Gasteiger partial charge in [0.2, 0.25) is 0 Å². The number of rotatable bonds is 4. The quantitative estimate of drug-likeness (QED) is 0.522. The van der Waals surface area contributed by atoms with Crippen molar-refractivity contribution < 1.29 is 9.53 Å². The van der Waals surface area contributed by atoms with E-state index in [1.165, 1.54) is 12.1 Å². The first-order valence-corrected chi connectivity index (χ1v) is 8.79. The molecule has 138 valence electrons. The first kappa shape index (κ1) is 17.6. The summed E-state index contributed by atoms with van der Waals surface area (Å²) in [6, 6.07) is 18.6. The highest BCUT2D eigenvalue weighted by molar-refractivity contribution is 6.15. The van der Waals surface area contributed by atoms with Crippen molar-refractivity contribution in [3.63, 3.8) is 0 Å². The number of para-hydroxylation sites is 1. The van der Waals surface area contributed by atoms with Gasteiger partial charge in [0, 0.05) is 17.2 Å². The predicted molar refractivity (Wildman–Crippen MR) is 106 cm³/mol. The third kappa shape index (κ3) is 3.16. The molecule has 6 heteroatoms. The van der Waals surface area contributed by atoms with E-state index in [1.807, 2.05) is 54.6 Å². The summed E-state index contributed by atoms with van der Waals surface area (Å²) < 4.78 is 6.84. The van der Waals surface area contributed by atoms with E-state index in [0.717, 1.165) is 22.5 Å². The number of hydrogen-bond acceptors (Lipinski definition) is 5. The molecule has 0 bridgehead atoms. The molecule has 2 aromatic carbocycles. The van der Waals surface area contributed by atoms with E-state index in [9.17, 15) is 9.59 Å². The average molecular weight is 371 g/mol. The molecule has 1 aliphatic heterocycles. The molecule has 0 spiro atoms. The van der Waals surface area contributed by atoms with Gasteiger partial charge < -0.3 is 4.74 Å². The number of ether oxygens (including phenoxy) is 1. The van der Waals surface area contributed by atoms with Gasteiger partial charge in [-0.1, -0.05) is 61.2 Å². The summed E-state index contributed by atoms with van der Waals surface area (Å²) >= 11 is 0. The number of fused-ring (bicyclic) bond motifs is 3. The molecule has 0 unspecified atom stereocenters. The van der Waals surface area contributed by atoms with Gasteiger partial charge in [0.05, 0.1) is 17.9 Å². The Hall–Kier alpha value is -3.80. The number of aliphatic imine (C=N–C) groups is 1. The molecule has 3 aromatic rings. The number of aromatic nitrogens is 2. The SMILES string of the molecule is C=CCOC(=O)c1cc(=O)nc2n1-c1ccccc1C(c1ccccc1)=NC2. The van der Waals surface area contributed by atoms with Crippen LogP contribution in [0.2, 0.25) is 0 Å². The van der Waals surface area contributed by atoms with Crippen LogP contribution in [0.5, 0.6) is 0 Å². The summed E-state index contributed by atoms with van der Waals surface area (Å²) in [7, 11) is 0. The van der Waals surface area contributed by atoms with Crippen LogP contribution < -0.4 is 5.56 Å². The van der Waals surface area contributed by atoms with Gasteiger partial charge in [-0.05, 0) is 6.07 Å². The van der Waals surface area contributed by atoms with Crippen LogP contribution in [0.25, 0.3) is 5.69 Å². The molecule has 0 amide bonds. The molecule has 1 aromatic heterocycles. The maximum absolute atomic E-state index is 12.6. The van der Waals surface area contributed by atoms with E-state index in [1.54, 1.807) is 4.57 Å². The molecule has 0 aliphatic carbocycles. The first-order valence-electron chi connectivity index (χ1n) is 8.79. The number of carbonyl (C=O) groups is 1. The van der Waals surface area contributed by atoms with Crippen LogP contribution in [-0.2, 0) is 11.3 Å². The standard InChI is InChI=1S/C22H17N3O3/c1-2-12-28-22(27)18-13-20(26)24-19-14-23-21(15-8-4-3-5-9-15)16-10-6-7-11-17(16)25(18)19/h2-11,13H,1,12,14H2. The normalized spacial score (nSPS) is 12.2. The van der Waals surface area contributed by atoms with Crippen molar-refractivity contribution in [1.82, 2.24) is 9.55 Å². The molecule has 6 nitrogen and oxygen atoms in total. The van der Waals surface area contributed by atoms with E-state index in [4.69, 9.17) is 9.73 Å². The Morgan fingerprint density at radius 1 is 1.14 bits per heavy atom. The van der Waals surface area contributed by atoms with Crippen LogP contribution in [0.1, 0.15) is 27.4 Å². The number of nitrogens with zero attached hydrogens (tertiary/aromatic N) is 3. The Kier molecular flexibility index (Phi) is 4.68. The molecule has 0 radical (unpaired) electrons. The predicted octanol–water partition coefficient (Wildman–Crippen LogP) is 2.93. The van der Waals surface area contributed by atoms with Crippen molar-refractivity contribution in [3.05, 3.63) is 106 Å². The second-order valence-electron chi connectivity index (χ2n) is 6.17. The van der Waals surface area contributed by atoms with Crippen LogP contribution in [-0.4, -0.2) is 27.8 Å². The van der Waals surface area contributed by atoms with Crippen molar-refractivity contribution in [2.45, 2.75) is 6.54 Å². The summed E-state index contributed by atoms with van der Waals surface area (Å²) in [5.74, 6) is -0.227. The average Bonchev–Trinajstić information content (AvgIpc) is 2.89. The van der Waals surface area contributed by atoms with E-state index in [-0.39, 0.29) is 18.8 Å². The lowest BCUT2D eigenvalue weighted by Gasteiger charge is -2.17. The first-order chi connectivity index (χ1) is 13.7.